The Morgan fingerprint density at radius 2 is 2.05 bits per heavy atom. The molecular weight excluding hydrogens is 340 g/mol. The average molecular weight is 359 g/mol. The minimum Gasteiger partial charge on any atom is -0.273 e. The first-order valence-corrected chi connectivity index (χ1v) is 10.0. The number of amides is 2. The SMILES string of the molecule is O=C(CCCCC1CCSS1)NNC(=O)c1ccccc1Cl. The summed E-state index contributed by atoms with van der Waals surface area (Å²) in [6, 6.07) is 6.72. The third-order valence-corrected chi connectivity index (χ3v) is 6.68. The quantitative estimate of drug-likeness (QED) is 0.461. The van der Waals surface area contributed by atoms with Crippen molar-refractivity contribution in [3.05, 3.63) is 34.9 Å². The molecule has 2 amide bonds. The number of nitrogens with one attached hydrogen (secondary N) is 2. The van der Waals surface area contributed by atoms with E-state index in [-0.39, 0.29) is 5.91 Å². The zero-order valence-corrected chi connectivity index (χ0v) is 14.5. The summed E-state index contributed by atoms with van der Waals surface area (Å²) in [7, 11) is 3.90. The molecule has 0 bridgehead atoms. The predicted octanol–water partition coefficient (Wildman–Crippen LogP) is 3.82. The third kappa shape index (κ3) is 5.74. The van der Waals surface area contributed by atoms with Gasteiger partial charge >= 0.3 is 0 Å². The molecule has 0 radical (unpaired) electrons. The summed E-state index contributed by atoms with van der Waals surface area (Å²) in [4.78, 5) is 23.6. The molecule has 2 N–H and O–H groups in total. The second kappa shape index (κ2) is 9.33. The van der Waals surface area contributed by atoms with Crippen LogP contribution in [0.1, 0.15) is 42.5 Å². The molecule has 1 atom stereocenters. The zero-order valence-electron chi connectivity index (χ0n) is 12.1. The Balaban J connectivity index is 1.61. The van der Waals surface area contributed by atoms with Gasteiger partial charge < -0.3 is 0 Å². The molecule has 1 aromatic rings. The molecule has 22 heavy (non-hydrogen) atoms. The molecule has 1 aromatic carbocycles. The Hall–Kier alpha value is -0.850. The highest BCUT2D eigenvalue weighted by molar-refractivity contribution is 8.77. The van der Waals surface area contributed by atoms with Crippen molar-refractivity contribution >= 4 is 45.0 Å². The van der Waals surface area contributed by atoms with Crippen LogP contribution in [0.2, 0.25) is 5.02 Å². The lowest BCUT2D eigenvalue weighted by atomic mass is 10.1. The van der Waals surface area contributed by atoms with Crippen molar-refractivity contribution in [1.29, 1.82) is 0 Å². The largest absolute Gasteiger partial charge is 0.273 e. The molecule has 7 heteroatoms. The lowest BCUT2D eigenvalue weighted by molar-refractivity contribution is -0.122. The fraction of sp³-hybridized carbons (Fsp3) is 0.467. The van der Waals surface area contributed by atoms with Crippen molar-refractivity contribution in [2.45, 2.75) is 37.4 Å². The smallest absolute Gasteiger partial charge is 0.271 e. The van der Waals surface area contributed by atoms with Crippen LogP contribution in [-0.2, 0) is 4.79 Å². The maximum absolute atomic E-state index is 11.9. The molecule has 1 aliphatic heterocycles. The maximum atomic E-state index is 11.9. The van der Waals surface area contributed by atoms with Gasteiger partial charge in [0, 0.05) is 17.4 Å². The molecule has 0 aliphatic carbocycles. The van der Waals surface area contributed by atoms with Crippen LogP contribution in [0.4, 0.5) is 0 Å². The normalized spacial score (nSPS) is 17.2. The van der Waals surface area contributed by atoms with E-state index in [9.17, 15) is 9.59 Å². The standard InChI is InChI=1S/C15H19ClN2O2S2/c16-13-7-3-2-6-12(13)15(20)18-17-14(19)8-4-1-5-11-9-10-21-22-11/h2-3,6-7,11H,1,4-5,8-10H2,(H,17,19)(H,18,20). The van der Waals surface area contributed by atoms with Crippen LogP contribution in [-0.4, -0.2) is 22.8 Å². The summed E-state index contributed by atoms with van der Waals surface area (Å²) in [5, 5.41) is 1.11. The van der Waals surface area contributed by atoms with Crippen LogP contribution in [0.25, 0.3) is 0 Å². The van der Waals surface area contributed by atoms with Gasteiger partial charge in [-0.1, -0.05) is 51.7 Å². The van der Waals surface area contributed by atoms with Gasteiger partial charge in [-0.3, -0.25) is 20.4 Å². The van der Waals surface area contributed by atoms with Crippen LogP contribution in [0.3, 0.4) is 0 Å². The monoisotopic (exact) mass is 358 g/mol. The fourth-order valence-electron chi connectivity index (χ4n) is 2.12. The first kappa shape index (κ1) is 17.5. The van der Waals surface area contributed by atoms with Gasteiger partial charge in [0.05, 0.1) is 10.6 Å². The Labute approximate surface area is 143 Å². The second-order valence-electron chi connectivity index (χ2n) is 5.06. The molecule has 1 unspecified atom stereocenters. The Kier molecular flexibility index (Phi) is 7.42. The number of carbonyl (C=O) groups excluding carboxylic acids is 2. The number of hydrogen-bond acceptors (Lipinski definition) is 4. The van der Waals surface area contributed by atoms with E-state index in [1.807, 2.05) is 21.6 Å². The highest BCUT2D eigenvalue weighted by Gasteiger charge is 2.16. The van der Waals surface area contributed by atoms with Crippen LogP contribution in [0.15, 0.2) is 24.3 Å². The Morgan fingerprint density at radius 3 is 2.77 bits per heavy atom. The number of hydrazine groups is 1. The van der Waals surface area contributed by atoms with Crippen LogP contribution in [0.5, 0.6) is 0 Å². The number of rotatable bonds is 6. The Bertz CT molecular complexity index is 522. The van der Waals surface area contributed by atoms with Gasteiger partial charge in [0.25, 0.3) is 5.91 Å². The molecule has 1 saturated heterocycles. The van der Waals surface area contributed by atoms with Gasteiger partial charge in [-0.15, -0.1) is 0 Å². The van der Waals surface area contributed by atoms with E-state index in [2.05, 4.69) is 10.9 Å². The zero-order chi connectivity index (χ0) is 15.8. The summed E-state index contributed by atoms with van der Waals surface area (Å²) < 4.78 is 0. The van der Waals surface area contributed by atoms with E-state index in [1.165, 1.54) is 12.2 Å². The second-order valence-corrected chi connectivity index (χ2v) is 8.25. The molecule has 1 aliphatic rings. The number of halogens is 1. The van der Waals surface area contributed by atoms with Gasteiger partial charge in [-0.2, -0.15) is 0 Å². The lowest BCUT2D eigenvalue weighted by Crippen LogP contribution is -2.41. The number of unbranched alkanes of at least 4 members (excludes halogenated alkanes) is 1. The first-order valence-electron chi connectivity index (χ1n) is 7.29. The summed E-state index contributed by atoms with van der Waals surface area (Å²) in [6.45, 7) is 0. The number of hydrogen-bond donors (Lipinski definition) is 2. The van der Waals surface area contributed by atoms with E-state index in [1.54, 1.807) is 24.3 Å². The van der Waals surface area contributed by atoms with Gasteiger partial charge in [0.2, 0.25) is 5.91 Å². The Morgan fingerprint density at radius 1 is 1.23 bits per heavy atom. The molecule has 1 heterocycles. The van der Waals surface area contributed by atoms with Crippen molar-refractivity contribution in [2.24, 2.45) is 0 Å². The number of benzene rings is 1. The first-order chi connectivity index (χ1) is 10.7. The van der Waals surface area contributed by atoms with Gasteiger partial charge in [-0.25, -0.2) is 0 Å². The summed E-state index contributed by atoms with van der Waals surface area (Å²) in [5.41, 5.74) is 5.17. The highest BCUT2D eigenvalue weighted by Crippen LogP contribution is 2.39. The molecule has 0 aromatic heterocycles. The summed E-state index contributed by atoms with van der Waals surface area (Å²) >= 11 is 5.92. The van der Waals surface area contributed by atoms with E-state index >= 15 is 0 Å². The van der Waals surface area contributed by atoms with Crippen molar-refractivity contribution in [3.8, 4) is 0 Å². The minimum atomic E-state index is -0.404. The van der Waals surface area contributed by atoms with E-state index < -0.39 is 5.91 Å². The predicted molar refractivity (Wildman–Crippen MR) is 94.0 cm³/mol. The highest BCUT2D eigenvalue weighted by atomic mass is 35.5. The molecule has 0 spiro atoms. The van der Waals surface area contributed by atoms with Gasteiger partial charge in [0.1, 0.15) is 0 Å². The van der Waals surface area contributed by atoms with E-state index in [4.69, 9.17) is 11.6 Å². The molecule has 1 fully saturated rings. The third-order valence-electron chi connectivity index (χ3n) is 3.34. The topological polar surface area (TPSA) is 58.2 Å². The van der Waals surface area contributed by atoms with Crippen LogP contribution < -0.4 is 10.9 Å². The molecule has 2 rings (SSSR count). The number of carbonyl (C=O) groups is 2. The average Bonchev–Trinajstić information content (AvgIpc) is 3.03. The van der Waals surface area contributed by atoms with Gasteiger partial charge in [-0.05, 0) is 31.4 Å². The minimum absolute atomic E-state index is 0.172. The fourth-order valence-corrected chi connectivity index (χ4v) is 5.37. The van der Waals surface area contributed by atoms with Gasteiger partial charge in [0.15, 0.2) is 0 Å². The lowest BCUT2D eigenvalue weighted by Gasteiger charge is -2.09. The maximum Gasteiger partial charge on any atom is 0.271 e. The molecular formula is C15H19ClN2O2S2. The molecule has 0 saturated carbocycles. The van der Waals surface area contributed by atoms with Crippen molar-refractivity contribution in [3.63, 3.8) is 0 Å². The van der Waals surface area contributed by atoms with E-state index in [0.29, 0.717) is 17.0 Å². The molecule has 120 valence electrons. The van der Waals surface area contributed by atoms with Crippen molar-refractivity contribution in [1.82, 2.24) is 10.9 Å². The summed E-state index contributed by atoms with van der Waals surface area (Å²) in [5.74, 6) is 0.663. The van der Waals surface area contributed by atoms with Crippen molar-refractivity contribution in [2.75, 3.05) is 5.75 Å². The van der Waals surface area contributed by atoms with Crippen molar-refractivity contribution < 1.29 is 9.59 Å². The molecule has 4 nitrogen and oxygen atoms in total. The summed E-state index contributed by atoms with van der Waals surface area (Å²) in [6.07, 6.45) is 4.75. The van der Waals surface area contributed by atoms with Crippen LogP contribution in [0, 0.1) is 0 Å². The van der Waals surface area contributed by atoms with Crippen LogP contribution >= 0.6 is 33.2 Å². The van der Waals surface area contributed by atoms with E-state index in [0.717, 1.165) is 24.5 Å².